The lowest BCUT2D eigenvalue weighted by molar-refractivity contribution is 0.0359. The second-order valence-electron chi connectivity index (χ2n) is 2.36. The number of hydrogen-bond acceptors (Lipinski definition) is 3. The minimum atomic E-state index is -1.22. The molecule has 3 heteroatoms. The third-order valence-electron chi connectivity index (χ3n) is 1.57. The van der Waals surface area contributed by atoms with E-state index in [2.05, 4.69) is 5.32 Å². The number of hydrogen-bond donors (Lipinski definition) is 2. The van der Waals surface area contributed by atoms with Crippen molar-refractivity contribution >= 4 is 0 Å². The van der Waals surface area contributed by atoms with Gasteiger partial charge < -0.3 is 5.11 Å². The van der Waals surface area contributed by atoms with Crippen molar-refractivity contribution in [3.8, 4) is 6.07 Å². The van der Waals surface area contributed by atoms with Gasteiger partial charge in [-0.3, -0.25) is 5.32 Å². The second-order valence-corrected chi connectivity index (χ2v) is 2.36. The minimum Gasteiger partial charge on any atom is -0.363 e. The van der Waals surface area contributed by atoms with E-state index in [1.165, 1.54) is 0 Å². The summed E-state index contributed by atoms with van der Waals surface area (Å²) in [6.07, 6.45) is 2.56. The monoisotopic (exact) mass is 126 g/mol. The van der Waals surface area contributed by atoms with Crippen LogP contribution in [0.4, 0.5) is 0 Å². The maximum Gasteiger partial charge on any atom is 0.205 e. The molecule has 0 amide bonds. The van der Waals surface area contributed by atoms with E-state index >= 15 is 0 Å². The van der Waals surface area contributed by atoms with Crippen molar-refractivity contribution in [2.75, 3.05) is 6.54 Å². The van der Waals surface area contributed by atoms with Gasteiger partial charge in [0.05, 0.1) is 0 Å². The normalized spacial score (nSPS) is 35.6. The molecule has 1 atom stereocenters. The Bertz CT molecular complexity index is 132. The summed E-state index contributed by atoms with van der Waals surface area (Å²) in [6, 6.07) is 1.82. The molecule has 0 aromatic carbocycles. The Morgan fingerprint density at radius 2 is 2.33 bits per heavy atom. The van der Waals surface area contributed by atoms with E-state index in [0.717, 1.165) is 19.4 Å². The Labute approximate surface area is 54.3 Å². The third kappa shape index (κ3) is 1.41. The zero-order valence-electron chi connectivity index (χ0n) is 5.22. The fourth-order valence-corrected chi connectivity index (χ4v) is 0.985. The van der Waals surface area contributed by atoms with Gasteiger partial charge >= 0.3 is 0 Å². The Morgan fingerprint density at radius 3 is 2.67 bits per heavy atom. The summed E-state index contributed by atoms with van der Waals surface area (Å²) >= 11 is 0. The Hall–Kier alpha value is -0.590. The smallest absolute Gasteiger partial charge is 0.205 e. The zero-order valence-corrected chi connectivity index (χ0v) is 5.22. The Morgan fingerprint density at radius 1 is 1.56 bits per heavy atom. The lowest BCUT2D eigenvalue weighted by Gasteiger charge is -2.25. The van der Waals surface area contributed by atoms with Gasteiger partial charge in [0, 0.05) is 6.42 Å². The highest BCUT2D eigenvalue weighted by molar-refractivity contribution is 4.99. The van der Waals surface area contributed by atoms with Crippen molar-refractivity contribution in [3.05, 3.63) is 0 Å². The van der Waals surface area contributed by atoms with Gasteiger partial charge in [-0.05, 0) is 19.4 Å². The SMILES string of the molecule is N#CC1(O)CCCCN1. The molecule has 0 radical (unpaired) electrons. The van der Waals surface area contributed by atoms with Gasteiger partial charge in [0.25, 0.3) is 0 Å². The van der Waals surface area contributed by atoms with Crippen molar-refractivity contribution < 1.29 is 5.11 Å². The summed E-state index contributed by atoms with van der Waals surface area (Å²) in [5, 5.41) is 20.3. The molecule has 1 fully saturated rings. The third-order valence-corrected chi connectivity index (χ3v) is 1.57. The van der Waals surface area contributed by atoms with Crippen LogP contribution in [0.25, 0.3) is 0 Å². The van der Waals surface area contributed by atoms with Crippen molar-refractivity contribution in [3.63, 3.8) is 0 Å². The van der Waals surface area contributed by atoms with Gasteiger partial charge in [-0.25, -0.2) is 0 Å². The molecule has 0 saturated carbocycles. The van der Waals surface area contributed by atoms with E-state index in [1.807, 2.05) is 6.07 Å². The minimum absolute atomic E-state index is 0.559. The van der Waals surface area contributed by atoms with Crippen LogP contribution in [0.2, 0.25) is 0 Å². The fourth-order valence-electron chi connectivity index (χ4n) is 0.985. The topological polar surface area (TPSA) is 56.0 Å². The van der Waals surface area contributed by atoms with Gasteiger partial charge in [0.1, 0.15) is 6.07 Å². The molecule has 2 N–H and O–H groups in total. The summed E-state index contributed by atoms with van der Waals surface area (Å²) in [5.41, 5.74) is -1.22. The maximum absolute atomic E-state index is 9.21. The molecule has 0 bridgehead atoms. The number of nitrogens with zero attached hydrogens (tertiary/aromatic N) is 1. The first-order valence-electron chi connectivity index (χ1n) is 3.15. The molecular formula is C6H10N2O. The number of piperidine rings is 1. The fraction of sp³-hybridized carbons (Fsp3) is 0.833. The van der Waals surface area contributed by atoms with E-state index in [0.29, 0.717) is 6.42 Å². The van der Waals surface area contributed by atoms with Crippen LogP contribution in [-0.4, -0.2) is 17.4 Å². The zero-order chi connectivity index (χ0) is 6.74. The molecule has 0 spiro atoms. The highest BCUT2D eigenvalue weighted by atomic mass is 16.3. The maximum atomic E-state index is 9.21. The highest BCUT2D eigenvalue weighted by Crippen LogP contribution is 2.14. The second kappa shape index (κ2) is 2.34. The Kier molecular flexibility index (Phi) is 1.70. The lowest BCUT2D eigenvalue weighted by Crippen LogP contribution is -2.47. The van der Waals surface area contributed by atoms with Crippen molar-refractivity contribution in [2.24, 2.45) is 0 Å². The summed E-state index contributed by atoms with van der Waals surface area (Å²) in [5.74, 6) is 0. The van der Waals surface area contributed by atoms with Crippen LogP contribution in [0.15, 0.2) is 0 Å². The van der Waals surface area contributed by atoms with Gasteiger partial charge in [-0.1, -0.05) is 0 Å². The summed E-state index contributed by atoms with van der Waals surface area (Å²) < 4.78 is 0. The molecule has 0 aromatic rings. The van der Waals surface area contributed by atoms with E-state index in [4.69, 9.17) is 5.26 Å². The molecule has 1 rings (SSSR count). The van der Waals surface area contributed by atoms with Gasteiger partial charge in [-0.2, -0.15) is 5.26 Å². The summed E-state index contributed by atoms with van der Waals surface area (Å²) in [6.45, 7) is 0.754. The quantitative estimate of drug-likeness (QED) is 0.448. The predicted octanol–water partition coefficient (Wildman–Crippen LogP) is -0.0279. The lowest BCUT2D eigenvalue weighted by atomic mass is 10.0. The largest absolute Gasteiger partial charge is 0.363 e. The predicted molar refractivity (Wildman–Crippen MR) is 32.4 cm³/mol. The van der Waals surface area contributed by atoms with Crippen LogP contribution < -0.4 is 5.32 Å². The molecular weight excluding hydrogens is 116 g/mol. The van der Waals surface area contributed by atoms with Crippen LogP contribution in [0, 0.1) is 11.3 Å². The molecule has 3 nitrogen and oxygen atoms in total. The van der Waals surface area contributed by atoms with E-state index < -0.39 is 5.72 Å². The first kappa shape index (κ1) is 6.53. The van der Waals surface area contributed by atoms with E-state index in [9.17, 15) is 5.11 Å². The average Bonchev–Trinajstić information content (AvgIpc) is 1.90. The molecule has 50 valence electrons. The van der Waals surface area contributed by atoms with Crippen LogP contribution >= 0.6 is 0 Å². The average molecular weight is 126 g/mol. The van der Waals surface area contributed by atoms with Crippen LogP contribution in [0.5, 0.6) is 0 Å². The van der Waals surface area contributed by atoms with Gasteiger partial charge in [0.2, 0.25) is 5.72 Å². The molecule has 9 heavy (non-hydrogen) atoms. The van der Waals surface area contributed by atoms with E-state index in [-0.39, 0.29) is 0 Å². The van der Waals surface area contributed by atoms with Gasteiger partial charge in [0.15, 0.2) is 0 Å². The van der Waals surface area contributed by atoms with Crippen LogP contribution in [0.1, 0.15) is 19.3 Å². The molecule has 1 saturated heterocycles. The van der Waals surface area contributed by atoms with Crippen molar-refractivity contribution in [1.29, 1.82) is 5.26 Å². The number of rotatable bonds is 0. The molecule has 0 aromatic heterocycles. The number of nitriles is 1. The highest BCUT2D eigenvalue weighted by Gasteiger charge is 2.27. The van der Waals surface area contributed by atoms with Crippen LogP contribution in [0.3, 0.4) is 0 Å². The molecule has 1 unspecified atom stereocenters. The summed E-state index contributed by atoms with van der Waals surface area (Å²) in [4.78, 5) is 0. The van der Waals surface area contributed by atoms with E-state index in [1.54, 1.807) is 0 Å². The van der Waals surface area contributed by atoms with Crippen LogP contribution in [-0.2, 0) is 0 Å². The Balaban J connectivity index is 2.49. The van der Waals surface area contributed by atoms with Gasteiger partial charge in [-0.15, -0.1) is 0 Å². The molecule has 1 aliphatic rings. The standard InChI is InChI=1S/C6H10N2O/c7-5-6(9)3-1-2-4-8-6/h8-9H,1-4H2. The molecule has 1 aliphatic heterocycles. The summed E-state index contributed by atoms with van der Waals surface area (Å²) in [7, 11) is 0. The first-order valence-corrected chi connectivity index (χ1v) is 3.15. The number of aliphatic hydroxyl groups is 1. The number of nitrogens with one attached hydrogen (secondary N) is 1. The van der Waals surface area contributed by atoms with Crippen molar-refractivity contribution in [2.45, 2.75) is 25.0 Å². The van der Waals surface area contributed by atoms with Crippen molar-refractivity contribution in [1.82, 2.24) is 5.32 Å². The first-order chi connectivity index (χ1) is 4.27. The molecule has 1 heterocycles. The molecule has 0 aliphatic carbocycles.